The highest BCUT2D eigenvalue weighted by Gasteiger charge is 2.13. The maximum Gasteiger partial charge on any atom is 0.156 e. The van der Waals surface area contributed by atoms with Gasteiger partial charge in [-0.25, -0.2) is 9.97 Å². The molecule has 20 heavy (non-hydrogen) atoms. The second kappa shape index (κ2) is 5.87. The van der Waals surface area contributed by atoms with Crippen LogP contribution in [0.3, 0.4) is 0 Å². The molecule has 0 aromatic carbocycles. The number of hydrogen-bond donors (Lipinski definition) is 1. The number of nitrogens with one attached hydrogen (secondary N) is 1. The summed E-state index contributed by atoms with van der Waals surface area (Å²) >= 11 is 0. The van der Waals surface area contributed by atoms with Crippen LogP contribution in [0.15, 0.2) is 23.0 Å². The fraction of sp³-hybridized carbons (Fsp3) is 0.462. The monoisotopic (exact) mass is 275 g/mol. The van der Waals surface area contributed by atoms with Crippen molar-refractivity contribution in [3.8, 4) is 0 Å². The van der Waals surface area contributed by atoms with Crippen LogP contribution >= 0.6 is 0 Å². The topological polar surface area (TPSA) is 76.3 Å². The Morgan fingerprint density at radius 3 is 2.85 bits per heavy atom. The van der Waals surface area contributed by atoms with E-state index in [1.807, 2.05) is 19.1 Å². The number of anilines is 2. The summed E-state index contributed by atoms with van der Waals surface area (Å²) in [6, 6.07) is 3.84. The largest absolute Gasteiger partial charge is 0.378 e. The summed E-state index contributed by atoms with van der Waals surface area (Å²) in [5, 5.41) is 7.06. The van der Waals surface area contributed by atoms with Crippen LogP contribution in [-0.2, 0) is 11.3 Å². The zero-order chi connectivity index (χ0) is 13.8. The Morgan fingerprint density at radius 2 is 2.10 bits per heavy atom. The van der Waals surface area contributed by atoms with Gasteiger partial charge in [0.2, 0.25) is 0 Å². The minimum Gasteiger partial charge on any atom is -0.378 e. The normalized spacial score (nSPS) is 15.3. The molecule has 106 valence electrons. The van der Waals surface area contributed by atoms with E-state index in [4.69, 9.17) is 9.26 Å². The first-order valence-corrected chi connectivity index (χ1v) is 6.62. The van der Waals surface area contributed by atoms with Crippen molar-refractivity contribution in [2.75, 3.05) is 36.5 Å². The van der Waals surface area contributed by atoms with Crippen LogP contribution < -0.4 is 10.2 Å². The number of ether oxygens (including phenoxy) is 1. The van der Waals surface area contributed by atoms with Gasteiger partial charge < -0.3 is 19.5 Å². The second-order valence-electron chi connectivity index (χ2n) is 4.65. The lowest BCUT2D eigenvalue weighted by atomic mass is 10.3. The highest BCUT2D eigenvalue weighted by atomic mass is 16.5. The number of hydrogen-bond acceptors (Lipinski definition) is 7. The van der Waals surface area contributed by atoms with Crippen molar-refractivity contribution in [3.63, 3.8) is 0 Å². The van der Waals surface area contributed by atoms with Gasteiger partial charge in [0.15, 0.2) is 5.76 Å². The molecule has 2 aromatic rings. The van der Waals surface area contributed by atoms with E-state index < -0.39 is 0 Å². The minimum absolute atomic E-state index is 0.556. The zero-order valence-corrected chi connectivity index (χ0v) is 11.4. The van der Waals surface area contributed by atoms with Crippen molar-refractivity contribution in [1.82, 2.24) is 15.1 Å². The first-order valence-electron chi connectivity index (χ1n) is 6.62. The minimum atomic E-state index is 0.556. The SMILES string of the molecule is Cc1cc(CNc2cc(N3CCOCC3)ncn2)on1. The summed E-state index contributed by atoms with van der Waals surface area (Å²) in [4.78, 5) is 10.7. The third-order valence-electron chi connectivity index (χ3n) is 3.11. The Labute approximate surface area is 117 Å². The van der Waals surface area contributed by atoms with E-state index in [0.717, 1.165) is 49.4 Å². The van der Waals surface area contributed by atoms with Gasteiger partial charge in [0.05, 0.1) is 25.5 Å². The van der Waals surface area contributed by atoms with Crippen molar-refractivity contribution in [2.24, 2.45) is 0 Å². The summed E-state index contributed by atoms with van der Waals surface area (Å²) in [7, 11) is 0. The molecule has 1 fully saturated rings. The standard InChI is InChI=1S/C13H17N5O2/c1-10-6-11(20-17-10)8-14-12-7-13(16-9-15-12)18-2-4-19-5-3-18/h6-7,9H,2-5,8H2,1H3,(H,14,15,16). The highest BCUT2D eigenvalue weighted by molar-refractivity contribution is 5.48. The van der Waals surface area contributed by atoms with Crippen LogP contribution in [0.25, 0.3) is 0 Å². The van der Waals surface area contributed by atoms with Crippen LogP contribution in [0.2, 0.25) is 0 Å². The van der Waals surface area contributed by atoms with Crippen LogP contribution in [0.1, 0.15) is 11.5 Å². The van der Waals surface area contributed by atoms with Crippen LogP contribution in [0, 0.1) is 6.92 Å². The summed E-state index contributed by atoms with van der Waals surface area (Å²) in [5.41, 5.74) is 0.874. The average molecular weight is 275 g/mol. The molecule has 1 aliphatic rings. The number of morpholine rings is 1. The molecule has 7 heteroatoms. The quantitative estimate of drug-likeness (QED) is 0.899. The van der Waals surface area contributed by atoms with Crippen molar-refractivity contribution in [3.05, 3.63) is 29.9 Å². The van der Waals surface area contributed by atoms with Gasteiger partial charge in [-0.05, 0) is 6.92 Å². The molecular weight excluding hydrogens is 258 g/mol. The van der Waals surface area contributed by atoms with Crippen molar-refractivity contribution in [1.29, 1.82) is 0 Å². The predicted octanol–water partition coefficient (Wildman–Crippen LogP) is 1.22. The van der Waals surface area contributed by atoms with E-state index in [9.17, 15) is 0 Å². The summed E-state index contributed by atoms with van der Waals surface area (Å²) in [5.74, 6) is 2.48. The maximum absolute atomic E-state index is 5.34. The molecule has 1 N–H and O–H groups in total. The van der Waals surface area contributed by atoms with Gasteiger partial charge in [-0.2, -0.15) is 0 Å². The van der Waals surface area contributed by atoms with Crippen LogP contribution in [-0.4, -0.2) is 41.4 Å². The third kappa shape index (κ3) is 3.05. The molecule has 1 saturated heterocycles. The number of nitrogens with zero attached hydrogens (tertiary/aromatic N) is 4. The number of aromatic nitrogens is 3. The van der Waals surface area contributed by atoms with E-state index in [0.29, 0.717) is 6.54 Å². The molecule has 0 bridgehead atoms. The van der Waals surface area contributed by atoms with E-state index in [2.05, 4.69) is 25.3 Å². The van der Waals surface area contributed by atoms with E-state index >= 15 is 0 Å². The van der Waals surface area contributed by atoms with Crippen molar-refractivity contribution >= 4 is 11.6 Å². The molecule has 1 aliphatic heterocycles. The van der Waals surface area contributed by atoms with Gasteiger partial charge in [0.1, 0.15) is 18.0 Å². The molecule has 0 atom stereocenters. The molecule has 2 aromatic heterocycles. The molecule has 0 aliphatic carbocycles. The van der Waals surface area contributed by atoms with E-state index in [1.165, 1.54) is 0 Å². The second-order valence-corrected chi connectivity index (χ2v) is 4.65. The first kappa shape index (κ1) is 12.9. The smallest absolute Gasteiger partial charge is 0.156 e. The number of aryl methyl sites for hydroxylation is 1. The van der Waals surface area contributed by atoms with Gasteiger partial charge >= 0.3 is 0 Å². The molecule has 0 unspecified atom stereocenters. The third-order valence-corrected chi connectivity index (χ3v) is 3.11. The zero-order valence-electron chi connectivity index (χ0n) is 11.4. The van der Waals surface area contributed by atoms with E-state index in [1.54, 1.807) is 6.33 Å². The summed E-state index contributed by atoms with van der Waals surface area (Å²) < 4.78 is 10.5. The van der Waals surface area contributed by atoms with Crippen molar-refractivity contribution in [2.45, 2.75) is 13.5 Å². The lowest BCUT2D eigenvalue weighted by Gasteiger charge is -2.27. The Hall–Kier alpha value is -2.15. The van der Waals surface area contributed by atoms with Crippen LogP contribution in [0.5, 0.6) is 0 Å². The maximum atomic E-state index is 5.34. The average Bonchev–Trinajstić information content (AvgIpc) is 2.92. The fourth-order valence-electron chi connectivity index (χ4n) is 2.09. The predicted molar refractivity (Wildman–Crippen MR) is 73.6 cm³/mol. The van der Waals surface area contributed by atoms with Gasteiger partial charge in [-0.15, -0.1) is 0 Å². The van der Waals surface area contributed by atoms with Gasteiger partial charge in [-0.1, -0.05) is 5.16 Å². The lowest BCUT2D eigenvalue weighted by molar-refractivity contribution is 0.122. The Morgan fingerprint density at radius 1 is 1.25 bits per heavy atom. The molecule has 3 heterocycles. The lowest BCUT2D eigenvalue weighted by Crippen LogP contribution is -2.36. The molecule has 0 radical (unpaired) electrons. The molecule has 0 saturated carbocycles. The van der Waals surface area contributed by atoms with Gasteiger partial charge in [0, 0.05) is 25.2 Å². The highest BCUT2D eigenvalue weighted by Crippen LogP contribution is 2.16. The van der Waals surface area contributed by atoms with Gasteiger partial charge in [-0.3, -0.25) is 0 Å². The molecule has 3 rings (SSSR count). The molecular formula is C13H17N5O2. The first-order chi connectivity index (χ1) is 9.81. The molecule has 0 spiro atoms. The number of rotatable bonds is 4. The Kier molecular flexibility index (Phi) is 3.78. The molecule has 0 amide bonds. The fourth-order valence-corrected chi connectivity index (χ4v) is 2.09. The van der Waals surface area contributed by atoms with Crippen molar-refractivity contribution < 1.29 is 9.26 Å². The van der Waals surface area contributed by atoms with Crippen LogP contribution in [0.4, 0.5) is 11.6 Å². The van der Waals surface area contributed by atoms with Gasteiger partial charge in [0.25, 0.3) is 0 Å². The Balaban J connectivity index is 1.64. The summed E-state index contributed by atoms with van der Waals surface area (Å²) in [6.07, 6.45) is 1.57. The Bertz CT molecular complexity index is 565. The van der Waals surface area contributed by atoms with E-state index in [-0.39, 0.29) is 0 Å². The summed E-state index contributed by atoms with van der Waals surface area (Å²) in [6.45, 7) is 5.65. The molecule has 7 nitrogen and oxygen atoms in total.